The topological polar surface area (TPSA) is 3.24 Å². The fourth-order valence-corrected chi connectivity index (χ4v) is 1.43. The van der Waals surface area contributed by atoms with Gasteiger partial charge in [0.15, 0.2) is 0 Å². The zero-order chi connectivity index (χ0) is 9.14. The van der Waals surface area contributed by atoms with Crippen LogP contribution >= 0.6 is 15.9 Å². The maximum Gasteiger partial charge on any atom is 0.137 e. The molecule has 0 heterocycles. The molecule has 0 unspecified atom stereocenters. The summed E-state index contributed by atoms with van der Waals surface area (Å²) in [5.74, 6) is -0.211. The highest BCUT2D eigenvalue weighted by Gasteiger charge is 2.00. The summed E-state index contributed by atoms with van der Waals surface area (Å²) in [5.41, 5.74) is 1.10. The molecule has 0 bridgehead atoms. The van der Waals surface area contributed by atoms with Gasteiger partial charge in [0.05, 0.1) is 4.47 Å². The van der Waals surface area contributed by atoms with E-state index in [0.717, 1.165) is 12.1 Å². The molecule has 12 heavy (non-hydrogen) atoms. The van der Waals surface area contributed by atoms with Crippen LogP contribution in [0.25, 0.3) is 0 Å². The van der Waals surface area contributed by atoms with Crippen molar-refractivity contribution in [3.8, 4) is 0 Å². The van der Waals surface area contributed by atoms with Crippen LogP contribution < -0.4 is 0 Å². The van der Waals surface area contributed by atoms with Gasteiger partial charge in [-0.15, -0.1) is 0 Å². The third-order valence-electron chi connectivity index (χ3n) is 1.48. The van der Waals surface area contributed by atoms with Gasteiger partial charge in [-0.25, -0.2) is 4.39 Å². The fraction of sp³-hybridized carbons (Fsp3) is 0.333. The van der Waals surface area contributed by atoms with E-state index >= 15 is 0 Å². The normalized spacial score (nSPS) is 10.8. The van der Waals surface area contributed by atoms with Crippen molar-refractivity contribution in [3.05, 3.63) is 34.1 Å². The van der Waals surface area contributed by atoms with Gasteiger partial charge in [-0.2, -0.15) is 0 Å². The van der Waals surface area contributed by atoms with E-state index in [1.54, 1.807) is 12.1 Å². The van der Waals surface area contributed by atoms with Crippen LogP contribution in [-0.4, -0.2) is 19.0 Å². The van der Waals surface area contributed by atoms with Crippen LogP contribution in [0.4, 0.5) is 4.39 Å². The number of halogens is 2. The van der Waals surface area contributed by atoms with Crippen molar-refractivity contribution in [3.63, 3.8) is 0 Å². The Balaban J connectivity index is 2.82. The first-order valence-corrected chi connectivity index (χ1v) is 4.47. The molecule has 1 nitrogen and oxygen atoms in total. The van der Waals surface area contributed by atoms with E-state index in [-0.39, 0.29) is 5.82 Å². The quantitative estimate of drug-likeness (QED) is 0.757. The highest BCUT2D eigenvalue weighted by molar-refractivity contribution is 9.10. The molecule has 0 N–H and O–H groups in total. The maximum absolute atomic E-state index is 12.8. The van der Waals surface area contributed by atoms with E-state index in [4.69, 9.17) is 0 Å². The van der Waals surface area contributed by atoms with Gasteiger partial charge in [0.1, 0.15) is 5.82 Å². The van der Waals surface area contributed by atoms with Crippen LogP contribution in [0.5, 0.6) is 0 Å². The molecule has 0 spiro atoms. The summed E-state index contributed by atoms with van der Waals surface area (Å²) in [6.45, 7) is 0.832. The van der Waals surface area contributed by atoms with Gasteiger partial charge in [0, 0.05) is 6.54 Å². The van der Waals surface area contributed by atoms with Crippen molar-refractivity contribution in [2.24, 2.45) is 0 Å². The third kappa shape index (κ3) is 2.57. The average molecular weight is 232 g/mol. The third-order valence-corrected chi connectivity index (χ3v) is 2.09. The molecule has 0 aliphatic rings. The summed E-state index contributed by atoms with van der Waals surface area (Å²) >= 11 is 3.14. The van der Waals surface area contributed by atoms with Crippen LogP contribution in [0.1, 0.15) is 5.56 Å². The average Bonchev–Trinajstić information content (AvgIpc) is 1.96. The minimum absolute atomic E-state index is 0.211. The molecular formula is C9H11BrFN. The number of benzene rings is 1. The maximum atomic E-state index is 12.8. The van der Waals surface area contributed by atoms with Gasteiger partial charge in [0.25, 0.3) is 0 Å². The molecular weight excluding hydrogens is 221 g/mol. The highest BCUT2D eigenvalue weighted by Crippen LogP contribution is 2.17. The largest absolute Gasteiger partial charge is 0.305 e. The van der Waals surface area contributed by atoms with E-state index in [1.807, 2.05) is 19.0 Å². The molecule has 1 aromatic carbocycles. The van der Waals surface area contributed by atoms with Gasteiger partial charge in [-0.1, -0.05) is 6.07 Å². The zero-order valence-corrected chi connectivity index (χ0v) is 8.73. The highest BCUT2D eigenvalue weighted by atomic mass is 79.9. The van der Waals surface area contributed by atoms with E-state index in [9.17, 15) is 4.39 Å². The number of rotatable bonds is 2. The molecule has 0 amide bonds. The van der Waals surface area contributed by atoms with Crippen molar-refractivity contribution in [1.29, 1.82) is 0 Å². The summed E-state index contributed by atoms with van der Waals surface area (Å²) in [7, 11) is 3.97. The minimum atomic E-state index is -0.211. The first-order valence-electron chi connectivity index (χ1n) is 3.68. The van der Waals surface area contributed by atoms with Gasteiger partial charge < -0.3 is 4.90 Å². The van der Waals surface area contributed by atoms with Crippen LogP contribution in [0.3, 0.4) is 0 Å². The van der Waals surface area contributed by atoms with Crippen LogP contribution in [0.15, 0.2) is 22.7 Å². The Kier molecular flexibility index (Phi) is 3.23. The SMILES string of the molecule is CN(C)Cc1ccc(F)c(Br)c1. The summed E-state index contributed by atoms with van der Waals surface area (Å²) in [6.07, 6.45) is 0. The summed E-state index contributed by atoms with van der Waals surface area (Å²) in [6, 6.07) is 5.07. The first kappa shape index (κ1) is 9.68. The molecule has 3 heteroatoms. The van der Waals surface area contributed by atoms with Crippen molar-refractivity contribution in [2.45, 2.75) is 6.54 Å². The Morgan fingerprint density at radius 1 is 1.42 bits per heavy atom. The summed E-state index contributed by atoms with van der Waals surface area (Å²) in [5, 5.41) is 0. The second kappa shape index (κ2) is 4.01. The number of nitrogens with zero attached hydrogens (tertiary/aromatic N) is 1. The predicted octanol–water partition coefficient (Wildman–Crippen LogP) is 2.65. The predicted molar refractivity (Wildman–Crippen MR) is 51.5 cm³/mol. The smallest absolute Gasteiger partial charge is 0.137 e. The Labute approximate surface area is 80.3 Å². The van der Waals surface area contributed by atoms with E-state index < -0.39 is 0 Å². The molecule has 0 saturated heterocycles. The molecule has 0 aromatic heterocycles. The summed E-state index contributed by atoms with van der Waals surface area (Å²) < 4.78 is 13.3. The molecule has 0 radical (unpaired) electrons. The van der Waals surface area contributed by atoms with Crippen molar-refractivity contribution >= 4 is 15.9 Å². The molecule has 0 atom stereocenters. The molecule has 1 rings (SSSR count). The Bertz CT molecular complexity index is 273. The molecule has 1 aromatic rings. The second-order valence-electron chi connectivity index (χ2n) is 2.99. The van der Waals surface area contributed by atoms with Crippen LogP contribution in [0.2, 0.25) is 0 Å². The van der Waals surface area contributed by atoms with Gasteiger partial charge >= 0.3 is 0 Å². The van der Waals surface area contributed by atoms with Crippen molar-refractivity contribution in [1.82, 2.24) is 4.90 Å². The van der Waals surface area contributed by atoms with Crippen molar-refractivity contribution in [2.75, 3.05) is 14.1 Å². The lowest BCUT2D eigenvalue weighted by atomic mass is 10.2. The van der Waals surface area contributed by atoms with Crippen LogP contribution in [-0.2, 0) is 6.54 Å². The fourth-order valence-electron chi connectivity index (χ4n) is 1.00. The lowest BCUT2D eigenvalue weighted by Crippen LogP contribution is -2.10. The Morgan fingerprint density at radius 2 is 2.08 bits per heavy atom. The summed E-state index contributed by atoms with van der Waals surface area (Å²) in [4.78, 5) is 2.04. The molecule has 0 fully saturated rings. The van der Waals surface area contributed by atoms with Gasteiger partial charge in [-0.3, -0.25) is 0 Å². The molecule has 0 saturated carbocycles. The minimum Gasteiger partial charge on any atom is -0.305 e. The lowest BCUT2D eigenvalue weighted by Gasteiger charge is -2.09. The number of hydrogen-bond acceptors (Lipinski definition) is 1. The second-order valence-corrected chi connectivity index (χ2v) is 3.84. The van der Waals surface area contributed by atoms with Gasteiger partial charge in [-0.05, 0) is 47.7 Å². The van der Waals surface area contributed by atoms with E-state index in [1.165, 1.54) is 6.07 Å². The lowest BCUT2D eigenvalue weighted by molar-refractivity contribution is 0.402. The van der Waals surface area contributed by atoms with Crippen LogP contribution in [0, 0.1) is 5.82 Å². The molecule has 0 aliphatic carbocycles. The monoisotopic (exact) mass is 231 g/mol. The number of hydrogen-bond donors (Lipinski definition) is 0. The molecule has 66 valence electrons. The Morgan fingerprint density at radius 3 is 2.58 bits per heavy atom. The standard InChI is InChI=1S/C9H11BrFN/c1-12(2)6-7-3-4-9(11)8(10)5-7/h3-5H,6H2,1-2H3. The van der Waals surface area contributed by atoms with E-state index in [0.29, 0.717) is 4.47 Å². The zero-order valence-electron chi connectivity index (χ0n) is 7.14. The van der Waals surface area contributed by atoms with E-state index in [2.05, 4.69) is 15.9 Å². The van der Waals surface area contributed by atoms with Crippen molar-refractivity contribution < 1.29 is 4.39 Å². The van der Waals surface area contributed by atoms with Gasteiger partial charge in [0.2, 0.25) is 0 Å². The molecule has 0 aliphatic heterocycles. The Hall–Kier alpha value is -0.410. The first-order chi connectivity index (χ1) is 5.59.